The average molecular weight is 402 g/mol. The third-order valence-electron chi connectivity index (χ3n) is 4.39. The summed E-state index contributed by atoms with van der Waals surface area (Å²) in [5, 5.41) is 7.17. The fourth-order valence-electron chi connectivity index (χ4n) is 3.18. The largest absolute Gasteiger partial charge is 0.496 e. The van der Waals surface area contributed by atoms with E-state index >= 15 is 0 Å². The van der Waals surface area contributed by atoms with E-state index in [1.54, 1.807) is 18.4 Å². The summed E-state index contributed by atoms with van der Waals surface area (Å²) < 4.78 is 12.8. The predicted molar refractivity (Wildman–Crippen MR) is 110 cm³/mol. The van der Waals surface area contributed by atoms with Gasteiger partial charge in [0.05, 0.1) is 18.4 Å². The van der Waals surface area contributed by atoms with Crippen LogP contribution < -0.4 is 4.74 Å². The molecule has 0 unspecified atom stereocenters. The Morgan fingerprint density at radius 3 is 2.56 bits per heavy atom. The van der Waals surface area contributed by atoms with Crippen LogP contribution in [0.1, 0.15) is 17.1 Å². The quantitative estimate of drug-likeness (QED) is 0.446. The second-order valence-corrected chi connectivity index (χ2v) is 7.01. The molecule has 27 heavy (non-hydrogen) atoms. The second kappa shape index (κ2) is 7.58. The van der Waals surface area contributed by atoms with Gasteiger partial charge < -0.3 is 9.26 Å². The molecule has 0 radical (unpaired) electrons. The van der Waals surface area contributed by atoms with E-state index < -0.39 is 0 Å². The summed E-state index contributed by atoms with van der Waals surface area (Å²) in [6.45, 7) is 6.04. The summed E-state index contributed by atoms with van der Waals surface area (Å²) in [5.41, 5.74) is 5.24. The Hall–Kier alpha value is -2.57. The van der Waals surface area contributed by atoms with Crippen molar-refractivity contribution in [2.24, 2.45) is 0 Å². The van der Waals surface area contributed by atoms with Crippen molar-refractivity contribution >= 4 is 23.7 Å². The van der Waals surface area contributed by atoms with Crippen LogP contribution in [0.2, 0.25) is 0 Å². The van der Waals surface area contributed by atoms with Crippen molar-refractivity contribution in [1.29, 1.82) is 0 Å². The van der Waals surface area contributed by atoms with E-state index in [-0.39, 0.29) is 12.4 Å². The molecule has 7 heteroatoms. The monoisotopic (exact) mass is 401 g/mol. The van der Waals surface area contributed by atoms with E-state index in [2.05, 4.69) is 35.0 Å². The molecule has 0 aliphatic carbocycles. The summed E-state index contributed by atoms with van der Waals surface area (Å²) >= 11 is 1.62. The van der Waals surface area contributed by atoms with Crippen molar-refractivity contribution in [2.75, 3.05) is 7.11 Å². The lowest BCUT2D eigenvalue weighted by Gasteiger charge is -2.05. The van der Waals surface area contributed by atoms with Gasteiger partial charge >= 0.3 is 0 Å². The highest BCUT2D eigenvalue weighted by Gasteiger charge is 2.18. The molecule has 0 aliphatic heterocycles. The molecule has 0 N–H and O–H groups in total. The van der Waals surface area contributed by atoms with Crippen molar-refractivity contribution in [3.8, 4) is 33.4 Å². The average Bonchev–Trinajstić information content (AvgIpc) is 3.34. The van der Waals surface area contributed by atoms with Gasteiger partial charge in [0.15, 0.2) is 5.82 Å². The van der Waals surface area contributed by atoms with Gasteiger partial charge in [0, 0.05) is 28.4 Å². The molecule has 140 valence electrons. The summed E-state index contributed by atoms with van der Waals surface area (Å²) in [6, 6.07) is 12.0. The lowest BCUT2D eigenvalue weighted by atomic mass is 10.2. The summed E-state index contributed by atoms with van der Waals surface area (Å²) in [7, 11) is 1.68. The molecule has 3 heterocycles. The van der Waals surface area contributed by atoms with Crippen molar-refractivity contribution in [1.82, 2.24) is 14.7 Å². The van der Waals surface area contributed by atoms with E-state index in [1.165, 1.54) is 0 Å². The Labute approximate surface area is 168 Å². The van der Waals surface area contributed by atoms with Gasteiger partial charge in [-0.05, 0) is 39.0 Å². The topological polar surface area (TPSA) is 53.1 Å². The van der Waals surface area contributed by atoms with Crippen molar-refractivity contribution in [2.45, 2.75) is 20.8 Å². The minimum Gasteiger partial charge on any atom is -0.496 e. The third-order valence-corrected chi connectivity index (χ3v) is 5.27. The van der Waals surface area contributed by atoms with Crippen LogP contribution >= 0.6 is 23.7 Å². The number of hydrogen-bond donors (Lipinski definition) is 0. The number of para-hydroxylation sites is 1. The van der Waals surface area contributed by atoms with Gasteiger partial charge in [-0.15, -0.1) is 23.7 Å². The molecular formula is C20H20ClN3O2S. The molecule has 1 aromatic carbocycles. The SMILES string of the molecule is COc1ccccc1-c1nc(-c2cc(C)n(-c3cc(C)on3)c2C)cs1.Cl. The van der Waals surface area contributed by atoms with E-state index in [1.807, 2.05) is 37.3 Å². The van der Waals surface area contributed by atoms with E-state index in [4.69, 9.17) is 14.2 Å². The third kappa shape index (κ3) is 3.38. The minimum absolute atomic E-state index is 0. The molecule has 3 aromatic heterocycles. The van der Waals surface area contributed by atoms with Gasteiger partial charge in [-0.3, -0.25) is 4.57 Å². The van der Waals surface area contributed by atoms with Crippen LogP contribution in [0.4, 0.5) is 0 Å². The van der Waals surface area contributed by atoms with Gasteiger partial charge in [0.2, 0.25) is 0 Å². The Morgan fingerprint density at radius 1 is 1.07 bits per heavy atom. The smallest absolute Gasteiger partial charge is 0.180 e. The highest BCUT2D eigenvalue weighted by atomic mass is 35.5. The molecule has 0 fully saturated rings. The number of aryl methyl sites for hydroxylation is 2. The number of thiazole rings is 1. The summed E-state index contributed by atoms with van der Waals surface area (Å²) in [4.78, 5) is 4.85. The summed E-state index contributed by atoms with van der Waals surface area (Å²) in [5.74, 6) is 2.42. The molecule has 0 amide bonds. The van der Waals surface area contributed by atoms with Gasteiger partial charge in [-0.25, -0.2) is 4.98 Å². The van der Waals surface area contributed by atoms with Crippen molar-refractivity contribution in [3.63, 3.8) is 0 Å². The number of hydrogen-bond acceptors (Lipinski definition) is 5. The molecule has 0 aliphatic rings. The zero-order valence-corrected chi connectivity index (χ0v) is 17.1. The van der Waals surface area contributed by atoms with Crippen LogP contribution in [-0.2, 0) is 0 Å². The maximum absolute atomic E-state index is 5.47. The zero-order chi connectivity index (χ0) is 18.3. The van der Waals surface area contributed by atoms with Gasteiger partial charge in [0.1, 0.15) is 16.5 Å². The van der Waals surface area contributed by atoms with Crippen molar-refractivity contribution in [3.05, 3.63) is 58.9 Å². The maximum Gasteiger partial charge on any atom is 0.180 e. The molecule has 4 rings (SSSR count). The van der Waals surface area contributed by atoms with Gasteiger partial charge in [-0.2, -0.15) is 0 Å². The fourth-order valence-corrected chi connectivity index (χ4v) is 4.03. The molecule has 0 atom stereocenters. The van der Waals surface area contributed by atoms with Crippen LogP contribution in [0.25, 0.3) is 27.6 Å². The van der Waals surface area contributed by atoms with Gasteiger partial charge in [0.25, 0.3) is 0 Å². The fraction of sp³-hybridized carbons (Fsp3) is 0.200. The van der Waals surface area contributed by atoms with Gasteiger partial charge in [-0.1, -0.05) is 17.3 Å². The van der Waals surface area contributed by atoms with Crippen molar-refractivity contribution < 1.29 is 9.26 Å². The first kappa shape index (κ1) is 19.2. The number of nitrogens with zero attached hydrogens (tertiary/aromatic N) is 3. The Morgan fingerprint density at radius 2 is 1.85 bits per heavy atom. The molecule has 0 bridgehead atoms. The first-order valence-electron chi connectivity index (χ1n) is 8.30. The Kier molecular flexibility index (Phi) is 5.39. The van der Waals surface area contributed by atoms with E-state index in [0.717, 1.165) is 50.5 Å². The van der Waals surface area contributed by atoms with Crippen LogP contribution in [-0.4, -0.2) is 21.8 Å². The first-order chi connectivity index (χ1) is 12.6. The van der Waals surface area contributed by atoms with Crippen LogP contribution in [0.3, 0.4) is 0 Å². The number of benzene rings is 1. The molecule has 0 spiro atoms. The molecule has 0 saturated carbocycles. The highest BCUT2D eigenvalue weighted by Crippen LogP contribution is 2.36. The maximum atomic E-state index is 5.47. The number of aromatic nitrogens is 3. The normalized spacial score (nSPS) is 10.7. The Balaban J connectivity index is 0.00000210. The molecule has 0 saturated heterocycles. The predicted octanol–water partition coefficient (Wildman–Crippen LogP) is 5.61. The number of rotatable bonds is 4. The Bertz CT molecular complexity index is 1080. The van der Waals surface area contributed by atoms with E-state index in [9.17, 15) is 0 Å². The molecule has 5 nitrogen and oxygen atoms in total. The van der Waals surface area contributed by atoms with E-state index in [0.29, 0.717) is 0 Å². The van der Waals surface area contributed by atoms with Crippen LogP contribution in [0, 0.1) is 20.8 Å². The van der Waals surface area contributed by atoms with Crippen LogP contribution in [0.15, 0.2) is 46.3 Å². The number of halogens is 1. The lowest BCUT2D eigenvalue weighted by Crippen LogP contribution is -1.99. The highest BCUT2D eigenvalue weighted by molar-refractivity contribution is 7.13. The lowest BCUT2D eigenvalue weighted by molar-refractivity contribution is 0.394. The zero-order valence-electron chi connectivity index (χ0n) is 15.5. The standard InChI is InChI=1S/C20H19N3O2S.ClH/c1-12-9-16(14(3)23(12)19-10-13(2)25-22-19)17-11-26-20(21-17)15-7-5-6-8-18(15)24-4;/h5-11H,1-4H3;1H. The second-order valence-electron chi connectivity index (χ2n) is 6.15. The number of methoxy groups -OCH3 is 1. The molecule has 4 aromatic rings. The molecular weight excluding hydrogens is 382 g/mol. The number of ether oxygens (including phenoxy) is 1. The minimum atomic E-state index is 0. The summed E-state index contributed by atoms with van der Waals surface area (Å²) in [6.07, 6.45) is 0. The first-order valence-corrected chi connectivity index (χ1v) is 9.18. The van der Waals surface area contributed by atoms with Crippen LogP contribution in [0.5, 0.6) is 5.75 Å².